The van der Waals surface area contributed by atoms with E-state index in [1.807, 2.05) is 18.2 Å². The standard InChI is InChI=1S/C25H24BrN3O4/c1-32-24-12-19(14-27-11-10-18-15-28-23-5-3-2-4-21(18)23)22(26)13-25(24)33-16-17-6-8-20(9-7-17)29(30)31/h2-9,12-13,15,27-28H,10-11,14,16H2,1H3. The fourth-order valence-corrected chi connectivity index (χ4v) is 4.11. The number of aromatic nitrogens is 1. The van der Waals surface area contributed by atoms with E-state index in [0.29, 0.717) is 18.0 Å². The van der Waals surface area contributed by atoms with E-state index in [-0.39, 0.29) is 12.3 Å². The normalized spacial score (nSPS) is 11.0. The van der Waals surface area contributed by atoms with Gasteiger partial charge in [-0.15, -0.1) is 0 Å². The summed E-state index contributed by atoms with van der Waals surface area (Å²) in [6.45, 7) is 1.81. The average molecular weight is 510 g/mol. The van der Waals surface area contributed by atoms with Gasteiger partial charge in [0.05, 0.1) is 12.0 Å². The van der Waals surface area contributed by atoms with Crippen molar-refractivity contribution in [1.82, 2.24) is 10.3 Å². The number of para-hydroxylation sites is 1. The Morgan fingerprint density at radius 1 is 1.06 bits per heavy atom. The second-order valence-corrected chi connectivity index (χ2v) is 8.45. The molecule has 3 aromatic carbocycles. The molecule has 0 atom stereocenters. The van der Waals surface area contributed by atoms with Gasteiger partial charge in [-0.3, -0.25) is 10.1 Å². The van der Waals surface area contributed by atoms with Gasteiger partial charge >= 0.3 is 0 Å². The summed E-state index contributed by atoms with van der Waals surface area (Å²) in [6, 6.07) is 18.5. The maximum absolute atomic E-state index is 10.8. The molecule has 0 saturated carbocycles. The van der Waals surface area contributed by atoms with E-state index in [4.69, 9.17) is 9.47 Å². The second-order valence-electron chi connectivity index (χ2n) is 7.59. The number of methoxy groups -OCH3 is 1. The Kier molecular flexibility index (Phi) is 7.26. The first-order valence-corrected chi connectivity index (χ1v) is 11.3. The zero-order valence-corrected chi connectivity index (χ0v) is 19.7. The lowest BCUT2D eigenvalue weighted by atomic mass is 10.1. The maximum atomic E-state index is 10.8. The summed E-state index contributed by atoms with van der Waals surface area (Å²) < 4.78 is 12.4. The molecule has 0 bridgehead atoms. The number of rotatable bonds is 10. The summed E-state index contributed by atoms with van der Waals surface area (Å²) in [6.07, 6.45) is 3.00. The van der Waals surface area contributed by atoms with Gasteiger partial charge in [0.2, 0.25) is 0 Å². The number of nitrogens with one attached hydrogen (secondary N) is 2. The van der Waals surface area contributed by atoms with Gasteiger partial charge in [0, 0.05) is 40.2 Å². The van der Waals surface area contributed by atoms with Gasteiger partial charge in [-0.2, -0.15) is 0 Å². The summed E-state index contributed by atoms with van der Waals surface area (Å²) in [5.74, 6) is 1.24. The lowest BCUT2D eigenvalue weighted by Crippen LogP contribution is -2.17. The molecule has 170 valence electrons. The third kappa shape index (κ3) is 5.53. The molecular formula is C25H24BrN3O4. The molecule has 8 heteroatoms. The quantitative estimate of drug-likeness (QED) is 0.161. The molecule has 0 fully saturated rings. The van der Waals surface area contributed by atoms with E-state index < -0.39 is 4.92 Å². The zero-order chi connectivity index (χ0) is 23.2. The number of H-pyrrole nitrogens is 1. The predicted molar refractivity (Wildman–Crippen MR) is 132 cm³/mol. The molecule has 33 heavy (non-hydrogen) atoms. The number of benzene rings is 3. The first kappa shape index (κ1) is 22.8. The number of fused-ring (bicyclic) bond motifs is 1. The Labute approximate surface area is 200 Å². The van der Waals surface area contributed by atoms with Crippen molar-refractivity contribution in [2.75, 3.05) is 13.7 Å². The lowest BCUT2D eigenvalue weighted by molar-refractivity contribution is -0.384. The second kappa shape index (κ2) is 10.5. The van der Waals surface area contributed by atoms with Gasteiger partial charge < -0.3 is 19.8 Å². The van der Waals surface area contributed by atoms with Crippen molar-refractivity contribution in [3.63, 3.8) is 0 Å². The topological polar surface area (TPSA) is 89.4 Å². The number of hydrogen-bond acceptors (Lipinski definition) is 5. The molecule has 0 radical (unpaired) electrons. The van der Waals surface area contributed by atoms with Crippen molar-refractivity contribution in [1.29, 1.82) is 0 Å². The van der Waals surface area contributed by atoms with E-state index in [0.717, 1.165) is 34.1 Å². The van der Waals surface area contributed by atoms with Crippen LogP contribution in [0.5, 0.6) is 11.5 Å². The van der Waals surface area contributed by atoms with E-state index in [2.05, 4.69) is 50.6 Å². The summed E-state index contributed by atoms with van der Waals surface area (Å²) in [5, 5.41) is 15.6. The first-order valence-electron chi connectivity index (χ1n) is 10.5. The van der Waals surface area contributed by atoms with Crippen LogP contribution < -0.4 is 14.8 Å². The van der Waals surface area contributed by atoms with E-state index in [9.17, 15) is 10.1 Å². The van der Waals surface area contributed by atoms with Crippen molar-refractivity contribution in [3.05, 3.63) is 98.1 Å². The molecule has 1 aromatic heterocycles. The molecule has 2 N–H and O–H groups in total. The number of ether oxygens (including phenoxy) is 2. The van der Waals surface area contributed by atoms with Crippen LogP contribution in [0.4, 0.5) is 5.69 Å². The fourth-order valence-electron chi connectivity index (χ4n) is 3.64. The first-order chi connectivity index (χ1) is 16.0. The van der Waals surface area contributed by atoms with Gasteiger partial charge in [-0.1, -0.05) is 34.1 Å². The summed E-state index contributed by atoms with van der Waals surface area (Å²) in [4.78, 5) is 13.7. The highest BCUT2D eigenvalue weighted by atomic mass is 79.9. The average Bonchev–Trinajstić information content (AvgIpc) is 3.24. The van der Waals surface area contributed by atoms with Crippen LogP contribution in [-0.2, 0) is 19.6 Å². The number of non-ortho nitro benzene ring substituents is 1. The van der Waals surface area contributed by atoms with Crippen LogP contribution in [0.1, 0.15) is 16.7 Å². The molecule has 4 rings (SSSR count). The smallest absolute Gasteiger partial charge is 0.269 e. The minimum absolute atomic E-state index is 0.0561. The molecule has 0 unspecified atom stereocenters. The molecule has 0 saturated heterocycles. The highest BCUT2D eigenvalue weighted by Crippen LogP contribution is 2.34. The van der Waals surface area contributed by atoms with Crippen molar-refractivity contribution in [2.45, 2.75) is 19.6 Å². The lowest BCUT2D eigenvalue weighted by Gasteiger charge is -2.14. The van der Waals surface area contributed by atoms with E-state index >= 15 is 0 Å². The van der Waals surface area contributed by atoms with Crippen LogP contribution in [0.15, 0.2) is 71.3 Å². The van der Waals surface area contributed by atoms with Gasteiger partial charge in [-0.05, 0) is 60.0 Å². The number of nitro benzene ring substituents is 1. The Balaban J connectivity index is 1.34. The Morgan fingerprint density at radius 2 is 1.85 bits per heavy atom. The minimum Gasteiger partial charge on any atom is -0.493 e. The molecular weight excluding hydrogens is 486 g/mol. The van der Waals surface area contributed by atoms with Gasteiger partial charge in [0.15, 0.2) is 11.5 Å². The molecule has 0 aliphatic carbocycles. The van der Waals surface area contributed by atoms with Crippen LogP contribution in [-0.4, -0.2) is 23.6 Å². The molecule has 0 aliphatic heterocycles. The number of halogens is 1. The molecule has 7 nitrogen and oxygen atoms in total. The van der Waals surface area contributed by atoms with Crippen LogP contribution >= 0.6 is 15.9 Å². The number of hydrogen-bond donors (Lipinski definition) is 2. The van der Waals surface area contributed by atoms with Gasteiger partial charge in [0.25, 0.3) is 5.69 Å². The minimum atomic E-state index is -0.419. The monoisotopic (exact) mass is 509 g/mol. The molecule has 1 heterocycles. The third-order valence-electron chi connectivity index (χ3n) is 5.44. The SMILES string of the molecule is COc1cc(CNCCc2c[nH]c3ccccc23)c(Br)cc1OCc1ccc([N+](=O)[O-])cc1. The molecule has 0 aliphatic rings. The number of aromatic amines is 1. The van der Waals surface area contributed by atoms with Crippen molar-refractivity contribution >= 4 is 32.5 Å². The Bertz CT molecular complexity index is 1250. The largest absolute Gasteiger partial charge is 0.493 e. The Morgan fingerprint density at radius 3 is 2.61 bits per heavy atom. The van der Waals surface area contributed by atoms with Crippen LogP contribution in [0, 0.1) is 10.1 Å². The van der Waals surface area contributed by atoms with Crippen LogP contribution in [0.2, 0.25) is 0 Å². The third-order valence-corrected chi connectivity index (χ3v) is 6.17. The number of nitro groups is 1. The highest BCUT2D eigenvalue weighted by molar-refractivity contribution is 9.10. The highest BCUT2D eigenvalue weighted by Gasteiger charge is 2.12. The summed E-state index contributed by atoms with van der Waals surface area (Å²) >= 11 is 3.63. The summed E-state index contributed by atoms with van der Waals surface area (Å²) in [7, 11) is 1.61. The van der Waals surface area contributed by atoms with Crippen LogP contribution in [0.3, 0.4) is 0 Å². The van der Waals surface area contributed by atoms with Gasteiger partial charge in [-0.25, -0.2) is 0 Å². The summed E-state index contributed by atoms with van der Waals surface area (Å²) in [5.41, 5.74) is 4.41. The predicted octanol–water partition coefficient (Wildman–Crippen LogP) is 5.76. The maximum Gasteiger partial charge on any atom is 0.269 e. The molecule has 0 spiro atoms. The van der Waals surface area contributed by atoms with E-state index in [1.54, 1.807) is 19.2 Å². The molecule has 0 amide bonds. The van der Waals surface area contributed by atoms with Crippen molar-refractivity contribution in [2.24, 2.45) is 0 Å². The van der Waals surface area contributed by atoms with Gasteiger partial charge in [0.1, 0.15) is 6.61 Å². The van der Waals surface area contributed by atoms with Crippen molar-refractivity contribution < 1.29 is 14.4 Å². The zero-order valence-electron chi connectivity index (χ0n) is 18.1. The molecule has 4 aromatic rings. The fraction of sp³-hybridized carbons (Fsp3) is 0.200. The Hall–Kier alpha value is -3.36. The van der Waals surface area contributed by atoms with E-state index in [1.165, 1.54) is 23.1 Å². The number of nitrogens with zero attached hydrogens (tertiary/aromatic N) is 1. The van der Waals surface area contributed by atoms with Crippen molar-refractivity contribution in [3.8, 4) is 11.5 Å². The van der Waals surface area contributed by atoms with Crippen LogP contribution in [0.25, 0.3) is 10.9 Å².